The van der Waals surface area contributed by atoms with E-state index in [0.29, 0.717) is 5.69 Å². The number of rotatable bonds is 9. The maximum Gasteiger partial charge on any atom is 0.270 e. The zero-order chi connectivity index (χ0) is 20.4. The second-order valence-corrected chi connectivity index (χ2v) is 6.81. The molecule has 28 heavy (non-hydrogen) atoms. The number of hydrogen-bond donors (Lipinski definition) is 2. The Labute approximate surface area is 166 Å². The van der Waals surface area contributed by atoms with E-state index < -0.39 is 5.91 Å². The summed E-state index contributed by atoms with van der Waals surface area (Å²) in [5.74, 6) is -0.684. The fraction of sp³-hybridized carbons (Fsp3) is 0.318. The van der Waals surface area contributed by atoms with Gasteiger partial charge in [0.05, 0.1) is 0 Å². The lowest BCUT2D eigenvalue weighted by atomic mass is 10.1. The molecule has 0 aliphatic heterocycles. The van der Waals surface area contributed by atoms with Gasteiger partial charge in [0.2, 0.25) is 0 Å². The smallest absolute Gasteiger partial charge is 0.270 e. The summed E-state index contributed by atoms with van der Waals surface area (Å²) in [6.07, 6.45) is 2.74. The first-order valence-electron chi connectivity index (χ1n) is 9.31. The second kappa shape index (κ2) is 10.9. The van der Waals surface area contributed by atoms with Gasteiger partial charge in [0, 0.05) is 11.7 Å². The van der Waals surface area contributed by atoms with E-state index in [0.717, 1.165) is 30.2 Å². The first-order valence-corrected chi connectivity index (χ1v) is 9.31. The van der Waals surface area contributed by atoms with E-state index in [1.807, 2.05) is 57.2 Å². The van der Waals surface area contributed by atoms with Crippen LogP contribution in [-0.2, 0) is 20.8 Å². The van der Waals surface area contributed by atoms with Crippen LogP contribution in [0.5, 0.6) is 0 Å². The van der Waals surface area contributed by atoms with Crippen LogP contribution < -0.4 is 10.6 Å². The van der Waals surface area contributed by atoms with Crippen molar-refractivity contribution in [2.45, 2.75) is 39.7 Å². The van der Waals surface area contributed by atoms with Gasteiger partial charge >= 0.3 is 0 Å². The molecule has 2 rings (SSSR count). The van der Waals surface area contributed by atoms with Gasteiger partial charge in [-0.25, -0.2) is 0 Å². The van der Waals surface area contributed by atoms with Crippen LogP contribution in [0.2, 0.25) is 0 Å². The Kier molecular flexibility index (Phi) is 8.21. The van der Waals surface area contributed by atoms with E-state index in [2.05, 4.69) is 27.9 Å². The van der Waals surface area contributed by atoms with Crippen molar-refractivity contribution in [3.05, 3.63) is 65.2 Å². The van der Waals surface area contributed by atoms with Gasteiger partial charge in [-0.05, 0) is 50.8 Å². The fourth-order valence-electron chi connectivity index (χ4n) is 2.72. The molecule has 0 fully saturated rings. The van der Waals surface area contributed by atoms with Crippen molar-refractivity contribution in [1.82, 2.24) is 5.32 Å². The largest absolute Gasteiger partial charge is 0.386 e. The van der Waals surface area contributed by atoms with Crippen molar-refractivity contribution >= 4 is 23.7 Å². The molecule has 6 heteroatoms. The van der Waals surface area contributed by atoms with E-state index in [1.165, 1.54) is 5.56 Å². The molecule has 2 aromatic carbocycles. The maximum absolute atomic E-state index is 11.9. The molecule has 6 nitrogen and oxygen atoms in total. The van der Waals surface area contributed by atoms with Gasteiger partial charge in [-0.2, -0.15) is 0 Å². The normalized spacial score (nSPS) is 11.8. The predicted molar refractivity (Wildman–Crippen MR) is 111 cm³/mol. The summed E-state index contributed by atoms with van der Waals surface area (Å²) in [5.41, 5.74) is 4.04. The van der Waals surface area contributed by atoms with Gasteiger partial charge in [0.15, 0.2) is 6.61 Å². The lowest BCUT2D eigenvalue weighted by molar-refractivity contribution is -0.126. The molecule has 0 saturated heterocycles. The highest BCUT2D eigenvalue weighted by molar-refractivity contribution is 6.31. The lowest BCUT2D eigenvalue weighted by Gasteiger charge is -2.13. The predicted octanol–water partition coefficient (Wildman–Crippen LogP) is 3.38. The minimum atomic E-state index is -0.413. The summed E-state index contributed by atoms with van der Waals surface area (Å²) in [5, 5.41) is 9.13. The molecule has 1 atom stereocenters. The number of nitrogens with one attached hydrogen (secondary N) is 2. The molecule has 0 aromatic heterocycles. The summed E-state index contributed by atoms with van der Waals surface area (Å²) in [6.45, 7) is 5.62. The molecule has 2 amide bonds. The average Bonchev–Trinajstić information content (AvgIpc) is 2.67. The molecule has 0 aliphatic carbocycles. The van der Waals surface area contributed by atoms with Gasteiger partial charge in [0.1, 0.15) is 6.21 Å². The third-order valence-electron chi connectivity index (χ3n) is 4.20. The maximum atomic E-state index is 11.9. The Bertz CT molecular complexity index is 819. The first kappa shape index (κ1) is 21.2. The van der Waals surface area contributed by atoms with Crippen LogP contribution in [0.4, 0.5) is 5.69 Å². The van der Waals surface area contributed by atoms with Gasteiger partial charge < -0.3 is 15.5 Å². The topological polar surface area (TPSA) is 79.8 Å². The minimum Gasteiger partial charge on any atom is -0.386 e. The molecule has 148 valence electrons. The van der Waals surface area contributed by atoms with Gasteiger partial charge in [0.25, 0.3) is 11.8 Å². The van der Waals surface area contributed by atoms with E-state index in [9.17, 15) is 9.59 Å². The highest BCUT2D eigenvalue weighted by Gasteiger charge is 2.08. The van der Waals surface area contributed by atoms with E-state index in [-0.39, 0.29) is 18.6 Å². The van der Waals surface area contributed by atoms with Crippen LogP contribution in [0.1, 0.15) is 30.0 Å². The van der Waals surface area contributed by atoms with Gasteiger partial charge in [-0.15, -0.1) is 0 Å². The van der Waals surface area contributed by atoms with Crippen molar-refractivity contribution in [1.29, 1.82) is 0 Å². The number of carbonyl (C=O) groups excluding carboxylic acids is 2. The summed E-state index contributed by atoms with van der Waals surface area (Å²) in [4.78, 5) is 28.6. The number of benzene rings is 2. The van der Waals surface area contributed by atoms with Crippen LogP contribution in [-0.4, -0.2) is 30.7 Å². The van der Waals surface area contributed by atoms with E-state index in [4.69, 9.17) is 4.84 Å². The number of oxime groups is 1. The molecule has 0 saturated carbocycles. The zero-order valence-electron chi connectivity index (χ0n) is 16.6. The van der Waals surface area contributed by atoms with Gasteiger partial charge in [-0.1, -0.05) is 53.2 Å². The number of hydrogen-bond acceptors (Lipinski definition) is 4. The number of aryl methyl sites for hydroxylation is 3. The monoisotopic (exact) mass is 381 g/mol. The quantitative estimate of drug-likeness (QED) is 0.516. The molecule has 0 spiro atoms. The fourth-order valence-corrected chi connectivity index (χ4v) is 2.72. The number of anilines is 1. The summed E-state index contributed by atoms with van der Waals surface area (Å²) in [7, 11) is 0. The van der Waals surface area contributed by atoms with Crippen LogP contribution in [0, 0.1) is 13.8 Å². The molecule has 0 heterocycles. The molecule has 2 N–H and O–H groups in total. The number of carbonyl (C=O) groups is 2. The Hall–Kier alpha value is -3.15. The van der Waals surface area contributed by atoms with Crippen molar-refractivity contribution in [3.63, 3.8) is 0 Å². The van der Waals surface area contributed by atoms with Crippen LogP contribution >= 0.6 is 0 Å². The Balaban J connectivity index is 1.65. The highest BCUT2D eigenvalue weighted by atomic mass is 16.6. The zero-order valence-corrected chi connectivity index (χ0v) is 16.6. The van der Waals surface area contributed by atoms with Crippen LogP contribution in [0.25, 0.3) is 0 Å². The molecular weight excluding hydrogens is 354 g/mol. The molecule has 0 unspecified atom stereocenters. The van der Waals surface area contributed by atoms with Crippen molar-refractivity contribution in [2.24, 2.45) is 5.16 Å². The van der Waals surface area contributed by atoms with Crippen LogP contribution in [0.15, 0.2) is 53.7 Å². The molecule has 0 radical (unpaired) electrons. The summed E-state index contributed by atoms with van der Waals surface area (Å²) >= 11 is 0. The molecule has 0 aliphatic rings. The van der Waals surface area contributed by atoms with Gasteiger partial charge in [-0.3, -0.25) is 9.59 Å². The lowest BCUT2D eigenvalue weighted by Crippen LogP contribution is -2.35. The average molecular weight is 381 g/mol. The highest BCUT2D eigenvalue weighted by Crippen LogP contribution is 2.15. The molecular formula is C22H27N3O3. The Morgan fingerprint density at radius 2 is 1.89 bits per heavy atom. The third-order valence-corrected chi connectivity index (χ3v) is 4.20. The van der Waals surface area contributed by atoms with Crippen molar-refractivity contribution in [3.8, 4) is 0 Å². The number of amides is 2. The summed E-state index contributed by atoms with van der Waals surface area (Å²) in [6, 6.07) is 15.9. The van der Waals surface area contributed by atoms with E-state index in [1.54, 1.807) is 0 Å². The third kappa shape index (κ3) is 7.61. The Morgan fingerprint density at radius 1 is 1.14 bits per heavy atom. The molecule has 0 bridgehead atoms. The summed E-state index contributed by atoms with van der Waals surface area (Å²) < 4.78 is 0. The van der Waals surface area contributed by atoms with E-state index >= 15 is 0 Å². The van der Waals surface area contributed by atoms with Crippen LogP contribution in [0.3, 0.4) is 0 Å². The van der Waals surface area contributed by atoms with Crippen molar-refractivity contribution < 1.29 is 14.4 Å². The minimum absolute atomic E-state index is 0.0214. The second-order valence-electron chi connectivity index (χ2n) is 6.81. The SMILES string of the molecule is Cc1ccc(NC(=O)/C=N\OCC(=O)N[C@@H](C)CCc2ccccc2)c(C)c1. The standard InChI is InChI=1S/C22H27N3O3/c1-16-9-12-20(17(2)13-16)25-21(26)14-23-28-15-22(27)24-18(3)10-11-19-7-5-4-6-8-19/h4-9,12-14,18H,10-11,15H2,1-3H3,(H,24,27)(H,25,26)/b23-14-/t18-/m0/s1. The first-order chi connectivity index (χ1) is 13.4. The Morgan fingerprint density at radius 3 is 2.61 bits per heavy atom. The van der Waals surface area contributed by atoms with Crippen molar-refractivity contribution in [2.75, 3.05) is 11.9 Å². The molecule has 2 aromatic rings. The number of nitrogens with zero attached hydrogens (tertiary/aromatic N) is 1.